The van der Waals surface area contributed by atoms with Crippen LogP contribution >= 0.6 is 0 Å². The van der Waals surface area contributed by atoms with E-state index in [2.05, 4.69) is 0 Å². The zero-order chi connectivity index (χ0) is 15.6. The minimum atomic E-state index is -0.941. The number of primary amides is 1. The third-order valence-corrected chi connectivity index (χ3v) is 3.32. The quantitative estimate of drug-likeness (QED) is 0.573. The number of hydrogen-bond acceptors (Lipinski definition) is 5. The van der Waals surface area contributed by atoms with Crippen molar-refractivity contribution in [3.63, 3.8) is 0 Å². The summed E-state index contributed by atoms with van der Waals surface area (Å²) in [5.41, 5.74) is 5.57. The average molecular weight is 293 g/mol. The van der Waals surface area contributed by atoms with Gasteiger partial charge in [0.1, 0.15) is 0 Å². The molecule has 0 bridgehead atoms. The van der Waals surface area contributed by atoms with Gasteiger partial charge in [-0.25, -0.2) is 0 Å². The molecular weight excluding hydrogens is 278 g/mol. The number of amides is 1. The number of benzene rings is 1. The highest BCUT2D eigenvalue weighted by Crippen LogP contribution is 2.35. The number of nitro benzene ring substituents is 1. The molecule has 1 aromatic rings. The number of nitrogens with two attached hydrogens (primary N) is 1. The number of non-ortho nitro benzene ring substituents is 1. The molecule has 0 heterocycles. The number of hydrogen-bond donors (Lipinski definition) is 2. The summed E-state index contributed by atoms with van der Waals surface area (Å²) in [6.07, 6.45) is 1.72. The number of carboxylic acids is 1. The average Bonchev–Trinajstić information content (AvgIpc) is 3.23. The molecule has 0 spiro atoms. The van der Waals surface area contributed by atoms with Crippen molar-refractivity contribution in [1.82, 2.24) is 0 Å². The van der Waals surface area contributed by atoms with Crippen molar-refractivity contribution < 1.29 is 19.6 Å². The van der Waals surface area contributed by atoms with E-state index < -0.39 is 16.8 Å². The Kier molecular flexibility index (Phi) is 4.06. The van der Waals surface area contributed by atoms with Crippen molar-refractivity contribution in [2.24, 2.45) is 5.73 Å². The summed E-state index contributed by atoms with van der Waals surface area (Å²) >= 11 is 0. The number of carboxylic acid groups (broad SMARTS) is 1. The molecule has 1 aliphatic carbocycles. The third-order valence-electron chi connectivity index (χ3n) is 3.32. The maximum absolute atomic E-state index is 11.5. The van der Waals surface area contributed by atoms with Gasteiger partial charge in [-0.3, -0.25) is 19.7 Å². The fraction of sp³-hybridized carbons (Fsp3) is 0.385. The van der Waals surface area contributed by atoms with E-state index in [0.29, 0.717) is 5.69 Å². The molecule has 1 aliphatic rings. The van der Waals surface area contributed by atoms with Gasteiger partial charge in [-0.2, -0.15) is 0 Å². The van der Waals surface area contributed by atoms with E-state index in [-0.39, 0.29) is 30.3 Å². The Labute approximate surface area is 120 Å². The summed E-state index contributed by atoms with van der Waals surface area (Å²) in [7, 11) is 0. The van der Waals surface area contributed by atoms with Crippen molar-refractivity contribution in [2.75, 3.05) is 11.4 Å². The minimum Gasteiger partial charge on any atom is -0.481 e. The van der Waals surface area contributed by atoms with Crippen LogP contribution in [0.15, 0.2) is 18.2 Å². The largest absolute Gasteiger partial charge is 0.481 e. The van der Waals surface area contributed by atoms with Crippen LogP contribution in [0.25, 0.3) is 0 Å². The van der Waals surface area contributed by atoms with Gasteiger partial charge in [0.25, 0.3) is 11.6 Å². The van der Waals surface area contributed by atoms with Crippen molar-refractivity contribution in [3.8, 4) is 0 Å². The monoisotopic (exact) mass is 293 g/mol. The lowest BCUT2D eigenvalue weighted by molar-refractivity contribution is -0.384. The van der Waals surface area contributed by atoms with Crippen LogP contribution in [-0.2, 0) is 4.79 Å². The highest BCUT2D eigenvalue weighted by Gasteiger charge is 2.32. The Morgan fingerprint density at radius 2 is 2.10 bits per heavy atom. The Balaban J connectivity index is 2.36. The van der Waals surface area contributed by atoms with E-state index in [0.717, 1.165) is 18.9 Å². The van der Waals surface area contributed by atoms with Crippen LogP contribution in [0.1, 0.15) is 29.6 Å². The smallest absolute Gasteiger partial charge is 0.305 e. The van der Waals surface area contributed by atoms with Crippen LogP contribution in [0.4, 0.5) is 11.4 Å². The molecule has 21 heavy (non-hydrogen) atoms. The Hall–Kier alpha value is -2.64. The van der Waals surface area contributed by atoms with Crippen LogP contribution in [0.5, 0.6) is 0 Å². The van der Waals surface area contributed by atoms with E-state index in [1.165, 1.54) is 12.1 Å². The molecule has 8 nitrogen and oxygen atoms in total. The first-order valence-corrected chi connectivity index (χ1v) is 6.47. The second-order valence-electron chi connectivity index (χ2n) is 4.89. The zero-order valence-electron chi connectivity index (χ0n) is 11.2. The number of rotatable bonds is 7. The molecule has 2 rings (SSSR count). The normalized spacial score (nSPS) is 13.7. The number of aliphatic carboxylic acids is 1. The van der Waals surface area contributed by atoms with Gasteiger partial charge in [0, 0.05) is 24.7 Å². The SMILES string of the molecule is NC(=O)c1cc([N+](=O)[O-])ccc1N(CCC(=O)O)C1CC1. The number of carbonyl (C=O) groups is 2. The fourth-order valence-electron chi connectivity index (χ4n) is 2.19. The lowest BCUT2D eigenvalue weighted by atomic mass is 10.1. The molecule has 0 radical (unpaired) electrons. The highest BCUT2D eigenvalue weighted by molar-refractivity contribution is 5.99. The number of anilines is 1. The van der Waals surface area contributed by atoms with Gasteiger partial charge in [0.2, 0.25) is 0 Å². The van der Waals surface area contributed by atoms with E-state index in [1.807, 2.05) is 0 Å². The second kappa shape index (κ2) is 5.78. The van der Waals surface area contributed by atoms with E-state index in [1.54, 1.807) is 4.90 Å². The van der Waals surface area contributed by atoms with E-state index in [9.17, 15) is 19.7 Å². The maximum Gasteiger partial charge on any atom is 0.305 e. The molecule has 3 N–H and O–H groups in total. The second-order valence-corrected chi connectivity index (χ2v) is 4.89. The number of nitro groups is 1. The van der Waals surface area contributed by atoms with Crippen molar-refractivity contribution >= 4 is 23.3 Å². The fourth-order valence-corrected chi connectivity index (χ4v) is 2.19. The van der Waals surface area contributed by atoms with Crippen molar-refractivity contribution in [3.05, 3.63) is 33.9 Å². The van der Waals surface area contributed by atoms with Gasteiger partial charge >= 0.3 is 5.97 Å². The van der Waals surface area contributed by atoms with Crippen LogP contribution in [-0.4, -0.2) is 34.5 Å². The minimum absolute atomic E-state index is 0.0430. The standard InChI is InChI=1S/C13H15N3O5/c14-13(19)10-7-9(16(20)21)3-4-11(10)15(8-1-2-8)6-5-12(17)18/h3-4,7-8H,1-2,5-6H2,(H2,14,19)(H,17,18). The van der Waals surface area contributed by atoms with Crippen LogP contribution in [0, 0.1) is 10.1 Å². The van der Waals surface area contributed by atoms with E-state index in [4.69, 9.17) is 10.8 Å². The molecule has 112 valence electrons. The molecular formula is C13H15N3O5. The molecule has 0 saturated heterocycles. The van der Waals surface area contributed by atoms with Gasteiger partial charge in [-0.05, 0) is 18.9 Å². The zero-order valence-corrected chi connectivity index (χ0v) is 11.2. The van der Waals surface area contributed by atoms with Gasteiger partial charge in [0.05, 0.1) is 22.6 Å². The van der Waals surface area contributed by atoms with Crippen molar-refractivity contribution in [2.45, 2.75) is 25.3 Å². The topological polar surface area (TPSA) is 127 Å². The molecule has 1 amide bonds. The number of carbonyl (C=O) groups excluding carboxylic acids is 1. The Morgan fingerprint density at radius 1 is 1.43 bits per heavy atom. The first-order chi connectivity index (χ1) is 9.90. The van der Waals surface area contributed by atoms with Gasteiger partial charge < -0.3 is 15.7 Å². The molecule has 1 fully saturated rings. The predicted octanol–water partition coefficient (Wildman–Crippen LogP) is 1.14. The summed E-state index contributed by atoms with van der Waals surface area (Å²) in [6.45, 7) is 0.234. The van der Waals surface area contributed by atoms with E-state index >= 15 is 0 Å². The third kappa shape index (κ3) is 3.47. The van der Waals surface area contributed by atoms with Crippen LogP contribution < -0.4 is 10.6 Å². The summed E-state index contributed by atoms with van der Waals surface area (Å²) in [5.74, 6) is -1.71. The molecule has 0 atom stereocenters. The van der Waals surface area contributed by atoms with Gasteiger partial charge in [-0.15, -0.1) is 0 Å². The first-order valence-electron chi connectivity index (χ1n) is 6.47. The molecule has 0 unspecified atom stereocenters. The summed E-state index contributed by atoms with van der Waals surface area (Å²) in [4.78, 5) is 34.2. The van der Waals surface area contributed by atoms with Crippen molar-refractivity contribution in [1.29, 1.82) is 0 Å². The lowest BCUT2D eigenvalue weighted by Crippen LogP contribution is -2.30. The van der Waals surface area contributed by atoms with Gasteiger partial charge in [-0.1, -0.05) is 0 Å². The summed E-state index contributed by atoms with van der Waals surface area (Å²) in [5, 5.41) is 19.6. The highest BCUT2D eigenvalue weighted by atomic mass is 16.6. The predicted molar refractivity (Wildman–Crippen MR) is 74.2 cm³/mol. The maximum atomic E-state index is 11.5. The Bertz CT molecular complexity index is 597. The molecule has 0 aliphatic heterocycles. The molecule has 1 saturated carbocycles. The van der Waals surface area contributed by atoms with Crippen LogP contribution in [0.3, 0.4) is 0 Å². The molecule has 8 heteroatoms. The lowest BCUT2D eigenvalue weighted by Gasteiger charge is -2.25. The molecule has 0 aromatic heterocycles. The summed E-state index contributed by atoms with van der Waals surface area (Å²) in [6, 6.07) is 4.04. The summed E-state index contributed by atoms with van der Waals surface area (Å²) < 4.78 is 0. The first kappa shape index (κ1) is 14.8. The van der Waals surface area contributed by atoms with Crippen LogP contribution in [0.2, 0.25) is 0 Å². The number of nitrogens with zero attached hydrogens (tertiary/aromatic N) is 2. The van der Waals surface area contributed by atoms with Gasteiger partial charge in [0.15, 0.2) is 0 Å². The Morgan fingerprint density at radius 3 is 2.57 bits per heavy atom. The molecule has 1 aromatic carbocycles.